The molecule has 3 saturated heterocycles. The summed E-state index contributed by atoms with van der Waals surface area (Å²) in [6.07, 6.45) is -24.9. The number of hydrogen-bond acceptors (Lipinski definition) is 22. The quantitative estimate of drug-likeness (QED) is 0.0872. The molecule has 15 atom stereocenters. The standard InChI is InChI=1S/C35H44O22/c1-10-20(39)24(43)27(46)33(51-10)57-32-23(42)19-13(38)6-12(52-34-28(47)25(44)21(40)17(8-36)54-34)7-14(19)53-30(32)11-4-15(49-2)31(16(5-11)50-3)56-35-29(48)26(45)22(41)18(9-37)55-35/h4-7,10,17-18,20-22,24-29,33-41,43-48H,8-9H2,1-3H3. The Morgan fingerprint density at radius 2 is 1.07 bits per heavy atom. The van der Waals surface area contributed by atoms with E-state index in [-0.39, 0.29) is 28.6 Å². The molecule has 0 aliphatic carbocycles. The van der Waals surface area contributed by atoms with Crippen LogP contribution in [0.15, 0.2) is 33.5 Å². The van der Waals surface area contributed by atoms with E-state index in [1.165, 1.54) is 33.3 Å². The SMILES string of the molecule is COc1cc(-c2oc3cc(OC4OC(CO)C(O)C(O)C4O)cc(O)c3c(=O)c2OC2OC(C)C(O)C(O)C2O)cc(OC)c1OC1OC(CO)C(O)C(O)C1O. The van der Waals surface area contributed by atoms with Crippen molar-refractivity contribution < 1.29 is 104 Å². The van der Waals surface area contributed by atoms with Crippen LogP contribution in [0.1, 0.15) is 6.92 Å². The van der Waals surface area contributed by atoms with E-state index >= 15 is 0 Å². The van der Waals surface area contributed by atoms with Crippen LogP contribution in [0.2, 0.25) is 0 Å². The number of aliphatic hydroxyl groups is 11. The molecule has 3 aliphatic rings. The highest BCUT2D eigenvalue weighted by molar-refractivity contribution is 5.88. The molecule has 2 aromatic carbocycles. The Labute approximate surface area is 321 Å². The van der Waals surface area contributed by atoms with Crippen molar-refractivity contribution in [2.45, 2.75) is 99.0 Å². The molecule has 3 aliphatic heterocycles. The van der Waals surface area contributed by atoms with Crippen LogP contribution in [0.5, 0.6) is 34.5 Å². The summed E-state index contributed by atoms with van der Waals surface area (Å²) in [6.45, 7) is -0.143. The van der Waals surface area contributed by atoms with E-state index in [9.17, 15) is 66.1 Å². The Morgan fingerprint density at radius 1 is 0.596 bits per heavy atom. The number of fused-ring (bicyclic) bond motifs is 1. The van der Waals surface area contributed by atoms with Gasteiger partial charge >= 0.3 is 0 Å². The molecule has 1 aromatic heterocycles. The molecule has 15 unspecified atom stereocenters. The molecule has 57 heavy (non-hydrogen) atoms. The first kappa shape index (κ1) is 42.5. The average Bonchev–Trinajstić information content (AvgIpc) is 3.19. The van der Waals surface area contributed by atoms with Crippen LogP contribution in [-0.4, -0.2) is 181 Å². The highest BCUT2D eigenvalue weighted by Gasteiger charge is 2.47. The highest BCUT2D eigenvalue weighted by Crippen LogP contribution is 2.46. The second kappa shape index (κ2) is 17.0. The van der Waals surface area contributed by atoms with Crippen molar-refractivity contribution in [3.05, 3.63) is 34.5 Å². The van der Waals surface area contributed by atoms with Gasteiger partial charge in [0.2, 0.25) is 35.8 Å². The van der Waals surface area contributed by atoms with Crippen LogP contribution in [0.25, 0.3) is 22.3 Å². The van der Waals surface area contributed by atoms with Gasteiger partial charge in [0.1, 0.15) is 89.6 Å². The summed E-state index contributed by atoms with van der Waals surface area (Å²) in [5.41, 5.74) is -1.56. The zero-order valence-electron chi connectivity index (χ0n) is 30.3. The lowest BCUT2D eigenvalue weighted by atomic mass is 9.99. The zero-order valence-corrected chi connectivity index (χ0v) is 30.3. The molecule has 0 amide bonds. The van der Waals surface area contributed by atoms with Crippen LogP contribution < -0.4 is 29.1 Å². The average molecular weight is 817 g/mol. The number of hydrogen-bond donors (Lipinski definition) is 12. The number of aromatic hydroxyl groups is 1. The Kier molecular flexibility index (Phi) is 12.7. The molecular weight excluding hydrogens is 772 g/mol. The van der Waals surface area contributed by atoms with Crippen molar-refractivity contribution in [2.24, 2.45) is 0 Å². The lowest BCUT2D eigenvalue weighted by Gasteiger charge is -2.39. The van der Waals surface area contributed by atoms with Crippen LogP contribution in [0, 0.1) is 0 Å². The van der Waals surface area contributed by atoms with Gasteiger partial charge in [0.15, 0.2) is 17.3 Å². The predicted octanol–water partition coefficient (Wildman–Crippen LogP) is -4.25. The van der Waals surface area contributed by atoms with E-state index in [2.05, 4.69) is 0 Å². The van der Waals surface area contributed by atoms with E-state index in [1.807, 2.05) is 0 Å². The highest BCUT2D eigenvalue weighted by atomic mass is 16.7. The largest absolute Gasteiger partial charge is 0.507 e. The third kappa shape index (κ3) is 7.90. The van der Waals surface area contributed by atoms with Crippen molar-refractivity contribution in [3.63, 3.8) is 0 Å². The van der Waals surface area contributed by atoms with Crippen molar-refractivity contribution in [1.29, 1.82) is 0 Å². The fourth-order valence-corrected chi connectivity index (χ4v) is 6.56. The smallest absolute Gasteiger partial charge is 0.239 e. The van der Waals surface area contributed by atoms with Gasteiger partial charge in [-0.15, -0.1) is 0 Å². The Balaban J connectivity index is 1.47. The first-order valence-electron chi connectivity index (χ1n) is 17.5. The molecule has 0 bridgehead atoms. The van der Waals surface area contributed by atoms with E-state index < -0.39 is 139 Å². The Hall–Kier alpha value is -4.11. The normalized spacial score (nSPS) is 35.8. The predicted molar refractivity (Wildman–Crippen MR) is 184 cm³/mol. The minimum atomic E-state index is -1.92. The molecule has 316 valence electrons. The second-order valence-corrected chi connectivity index (χ2v) is 13.5. The summed E-state index contributed by atoms with van der Waals surface area (Å²) in [5.74, 6) is -2.86. The number of ether oxygens (including phenoxy) is 8. The van der Waals surface area contributed by atoms with Crippen LogP contribution >= 0.6 is 0 Å². The maximum absolute atomic E-state index is 14.3. The van der Waals surface area contributed by atoms with E-state index in [0.717, 1.165) is 12.1 Å². The molecule has 0 saturated carbocycles. The summed E-state index contributed by atoms with van der Waals surface area (Å²) in [7, 11) is 2.40. The van der Waals surface area contributed by atoms with Gasteiger partial charge in [0.05, 0.1) is 33.5 Å². The molecule has 0 radical (unpaired) electrons. The van der Waals surface area contributed by atoms with Crippen molar-refractivity contribution in [3.8, 4) is 45.8 Å². The zero-order chi connectivity index (χ0) is 41.6. The Morgan fingerprint density at radius 3 is 1.58 bits per heavy atom. The number of aliphatic hydroxyl groups excluding tert-OH is 11. The summed E-state index contributed by atoms with van der Waals surface area (Å²) in [5, 5.41) is 123. The van der Waals surface area contributed by atoms with Crippen LogP contribution in [0.4, 0.5) is 0 Å². The molecule has 6 rings (SSSR count). The molecule has 3 fully saturated rings. The monoisotopic (exact) mass is 816 g/mol. The summed E-state index contributed by atoms with van der Waals surface area (Å²) >= 11 is 0. The van der Waals surface area contributed by atoms with Crippen molar-refractivity contribution in [2.75, 3.05) is 27.4 Å². The van der Waals surface area contributed by atoms with Crippen molar-refractivity contribution >= 4 is 11.0 Å². The first-order valence-corrected chi connectivity index (χ1v) is 17.5. The fraction of sp³-hybridized carbons (Fsp3) is 0.571. The fourth-order valence-electron chi connectivity index (χ4n) is 6.56. The topological polar surface area (TPSA) is 347 Å². The number of methoxy groups -OCH3 is 2. The summed E-state index contributed by atoms with van der Waals surface area (Å²) in [4.78, 5) is 14.3. The van der Waals surface area contributed by atoms with Gasteiger partial charge in [-0.1, -0.05) is 0 Å². The van der Waals surface area contributed by atoms with Crippen LogP contribution in [-0.2, 0) is 14.2 Å². The summed E-state index contributed by atoms with van der Waals surface area (Å²) < 4.78 is 50.9. The van der Waals surface area contributed by atoms with E-state index in [4.69, 9.17) is 42.3 Å². The molecule has 12 N–H and O–H groups in total. The molecule has 22 nitrogen and oxygen atoms in total. The first-order chi connectivity index (χ1) is 27.0. The van der Waals surface area contributed by atoms with Gasteiger partial charge < -0.3 is 104 Å². The van der Waals surface area contributed by atoms with Crippen molar-refractivity contribution in [1.82, 2.24) is 0 Å². The molecule has 3 aromatic rings. The van der Waals surface area contributed by atoms with E-state index in [0.29, 0.717) is 0 Å². The van der Waals surface area contributed by atoms with Gasteiger partial charge in [-0.05, 0) is 19.1 Å². The molecular formula is C35H44O22. The molecule has 0 spiro atoms. The number of phenols is 1. The van der Waals surface area contributed by atoms with E-state index in [1.54, 1.807) is 0 Å². The second-order valence-electron chi connectivity index (χ2n) is 13.5. The summed E-state index contributed by atoms with van der Waals surface area (Å²) in [6, 6.07) is 4.47. The molecule has 22 heteroatoms. The Bertz CT molecular complexity index is 1910. The van der Waals surface area contributed by atoms with Gasteiger partial charge in [-0.2, -0.15) is 0 Å². The van der Waals surface area contributed by atoms with Gasteiger partial charge in [-0.3, -0.25) is 4.79 Å². The molecule has 4 heterocycles. The lowest BCUT2D eigenvalue weighted by Crippen LogP contribution is -2.60. The van der Waals surface area contributed by atoms with Crippen LogP contribution in [0.3, 0.4) is 0 Å². The maximum Gasteiger partial charge on any atom is 0.239 e. The lowest BCUT2D eigenvalue weighted by molar-refractivity contribution is -0.277. The number of phenolic OH excluding ortho intramolecular Hbond substituents is 1. The number of rotatable bonds is 11. The van der Waals surface area contributed by atoms with Gasteiger partial charge in [0, 0.05) is 17.7 Å². The van der Waals surface area contributed by atoms with Gasteiger partial charge in [-0.25, -0.2) is 0 Å². The third-order valence-corrected chi connectivity index (χ3v) is 9.85. The third-order valence-electron chi connectivity index (χ3n) is 9.85. The minimum absolute atomic E-state index is 0.0856. The minimum Gasteiger partial charge on any atom is -0.507 e. The maximum atomic E-state index is 14.3. The van der Waals surface area contributed by atoms with Gasteiger partial charge in [0.25, 0.3) is 0 Å². The number of benzene rings is 2.